The van der Waals surface area contributed by atoms with Crippen LogP contribution in [0.4, 0.5) is 0 Å². The minimum Gasteiger partial charge on any atom is -0.465 e. The van der Waals surface area contributed by atoms with Crippen molar-refractivity contribution in [2.75, 3.05) is 6.54 Å². The van der Waals surface area contributed by atoms with Crippen LogP contribution in [0.5, 0.6) is 0 Å². The van der Waals surface area contributed by atoms with E-state index >= 15 is 0 Å². The van der Waals surface area contributed by atoms with E-state index in [4.69, 9.17) is 10.2 Å². The number of furan rings is 1. The molecule has 2 N–H and O–H groups in total. The van der Waals surface area contributed by atoms with Gasteiger partial charge in [0.05, 0.1) is 0 Å². The van der Waals surface area contributed by atoms with E-state index in [9.17, 15) is 0 Å². The third kappa shape index (κ3) is 1.37. The lowest BCUT2D eigenvalue weighted by molar-refractivity contribution is 0.460. The van der Waals surface area contributed by atoms with E-state index in [0.717, 1.165) is 37.2 Å². The standard InChI is InChI=1S/C13H15NO/c14-8-9-5-6-13-11(7-9)10-3-1-2-4-12(10)15-13/h1,3,7H,2,4-6,8,14H2. The van der Waals surface area contributed by atoms with Crippen LogP contribution >= 0.6 is 0 Å². The predicted octanol–water partition coefficient (Wildman–Crippen LogP) is 2.53. The molecule has 2 nitrogen and oxygen atoms in total. The van der Waals surface area contributed by atoms with Crippen molar-refractivity contribution in [3.8, 4) is 0 Å². The second kappa shape index (κ2) is 3.38. The summed E-state index contributed by atoms with van der Waals surface area (Å²) in [5, 5.41) is 0. The van der Waals surface area contributed by atoms with Gasteiger partial charge in [0, 0.05) is 30.5 Å². The molecule has 15 heavy (non-hydrogen) atoms. The molecule has 0 saturated carbocycles. The Labute approximate surface area is 89.5 Å². The zero-order valence-corrected chi connectivity index (χ0v) is 8.75. The normalized spacial score (nSPS) is 18.3. The largest absolute Gasteiger partial charge is 0.465 e. The summed E-state index contributed by atoms with van der Waals surface area (Å²) in [7, 11) is 0. The van der Waals surface area contributed by atoms with E-state index in [-0.39, 0.29) is 0 Å². The minimum absolute atomic E-state index is 0.670. The Morgan fingerprint density at radius 2 is 2.00 bits per heavy atom. The van der Waals surface area contributed by atoms with Gasteiger partial charge in [-0.25, -0.2) is 0 Å². The van der Waals surface area contributed by atoms with Crippen molar-refractivity contribution in [2.45, 2.75) is 25.7 Å². The first-order valence-corrected chi connectivity index (χ1v) is 5.59. The molecule has 78 valence electrons. The molecular weight excluding hydrogens is 186 g/mol. The smallest absolute Gasteiger partial charge is 0.112 e. The summed E-state index contributed by atoms with van der Waals surface area (Å²) in [6, 6.07) is 0. The molecule has 3 rings (SSSR count). The molecule has 0 fully saturated rings. The van der Waals surface area contributed by atoms with E-state index in [0.29, 0.717) is 6.54 Å². The van der Waals surface area contributed by atoms with Crippen molar-refractivity contribution < 1.29 is 4.42 Å². The molecule has 0 radical (unpaired) electrons. The lowest BCUT2D eigenvalue weighted by Gasteiger charge is -2.10. The first-order valence-electron chi connectivity index (χ1n) is 5.59. The molecule has 2 heteroatoms. The van der Waals surface area contributed by atoms with Crippen molar-refractivity contribution in [2.24, 2.45) is 5.73 Å². The van der Waals surface area contributed by atoms with E-state index < -0.39 is 0 Å². The maximum Gasteiger partial charge on any atom is 0.112 e. The summed E-state index contributed by atoms with van der Waals surface area (Å²) >= 11 is 0. The number of aryl methyl sites for hydroxylation is 2. The topological polar surface area (TPSA) is 39.2 Å². The number of hydrogen-bond acceptors (Lipinski definition) is 2. The molecule has 0 atom stereocenters. The molecule has 2 aliphatic carbocycles. The fourth-order valence-corrected chi connectivity index (χ4v) is 2.40. The zero-order valence-electron chi connectivity index (χ0n) is 8.75. The lowest BCUT2D eigenvalue weighted by Crippen LogP contribution is -2.07. The first-order chi connectivity index (χ1) is 7.38. The van der Waals surface area contributed by atoms with E-state index in [2.05, 4.69) is 18.2 Å². The van der Waals surface area contributed by atoms with Crippen LogP contribution < -0.4 is 5.73 Å². The average Bonchev–Trinajstić information content (AvgIpc) is 2.66. The SMILES string of the molecule is NCC1=Cc2c(oc3c2C=CCC3)CC1. The maximum atomic E-state index is 5.88. The van der Waals surface area contributed by atoms with Crippen molar-refractivity contribution in [3.05, 3.63) is 34.3 Å². The van der Waals surface area contributed by atoms with Crippen LogP contribution in [0, 0.1) is 0 Å². The van der Waals surface area contributed by atoms with Gasteiger partial charge in [0.1, 0.15) is 11.5 Å². The van der Waals surface area contributed by atoms with Gasteiger partial charge in [-0.2, -0.15) is 0 Å². The van der Waals surface area contributed by atoms with Crippen LogP contribution in [0.3, 0.4) is 0 Å². The number of nitrogens with two attached hydrogens (primary N) is 1. The van der Waals surface area contributed by atoms with E-state index in [1.54, 1.807) is 0 Å². The lowest BCUT2D eigenvalue weighted by atomic mass is 9.93. The van der Waals surface area contributed by atoms with Gasteiger partial charge in [-0.15, -0.1) is 0 Å². The molecule has 0 aromatic carbocycles. The molecule has 0 amide bonds. The minimum atomic E-state index is 0.670. The number of fused-ring (bicyclic) bond motifs is 3. The van der Waals surface area contributed by atoms with Crippen molar-refractivity contribution in [1.29, 1.82) is 0 Å². The summed E-state index contributed by atoms with van der Waals surface area (Å²) < 4.78 is 5.88. The third-order valence-corrected chi connectivity index (χ3v) is 3.24. The Morgan fingerprint density at radius 3 is 2.87 bits per heavy atom. The van der Waals surface area contributed by atoms with Gasteiger partial charge in [-0.3, -0.25) is 0 Å². The maximum absolute atomic E-state index is 5.88. The average molecular weight is 201 g/mol. The quantitative estimate of drug-likeness (QED) is 0.758. The van der Waals surface area contributed by atoms with Crippen LogP contribution in [0.25, 0.3) is 12.2 Å². The van der Waals surface area contributed by atoms with Crippen molar-refractivity contribution >= 4 is 12.2 Å². The highest BCUT2D eigenvalue weighted by atomic mass is 16.3. The van der Waals surface area contributed by atoms with Crippen LogP contribution in [0.2, 0.25) is 0 Å². The molecule has 1 aromatic rings. The molecule has 0 aliphatic heterocycles. The van der Waals surface area contributed by atoms with Gasteiger partial charge in [0.2, 0.25) is 0 Å². The van der Waals surface area contributed by atoms with Gasteiger partial charge >= 0.3 is 0 Å². The Balaban J connectivity index is 2.13. The molecule has 1 aromatic heterocycles. The molecule has 0 spiro atoms. The first kappa shape index (κ1) is 8.98. The predicted molar refractivity (Wildman–Crippen MR) is 61.4 cm³/mol. The number of rotatable bonds is 1. The van der Waals surface area contributed by atoms with Crippen LogP contribution in [0.15, 0.2) is 16.1 Å². The molecule has 1 heterocycles. The summed E-state index contributed by atoms with van der Waals surface area (Å²) in [5.41, 5.74) is 9.60. The molecule has 0 bridgehead atoms. The van der Waals surface area contributed by atoms with Crippen LogP contribution in [-0.2, 0) is 12.8 Å². The van der Waals surface area contributed by atoms with Crippen LogP contribution in [-0.4, -0.2) is 6.54 Å². The number of allylic oxidation sites excluding steroid dienone is 1. The van der Waals surface area contributed by atoms with Crippen LogP contribution in [0.1, 0.15) is 35.5 Å². The Hall–Kier alpha value is -1.28. The highest BCUT2D eigenvalue weighted by Gasteiger charge is 2.21. The Bertz CT molecular complexity index is 451. The number of hydrogen-bond donors (Lipinski definition) is 1. The van der Waals surface area contributed by atoms with E-state index in [1.165, 1.54) is 16.7 Å². The van der Waals surface area contributed by atoms with Gasteiger partial charge < -0.3 is 10.2 Å². The zero-order chi connectivity index (χ0) is 10.3. The fraction of sp³-hybridized carbons (Fsp3) is 0.385. The summed E-state index contributed by atoms with van der Waals surface area (Å²) in [6.07, 6.45) is 10.9. The second-order valence-electron chi connectivity index (χ2n) is 4.22. The van der Waals surface area contributed by atoms with Gasteiger partial charge in [0.25, 0.3) is 0 Å². The summed E-state index contributed by atoms with van der Waals surface area (Å²) in [4.78, 5) is 0. The molecule has 2 aliphatic rings. The molecule has 0 saturated heterocycles. The monoisotopic (exact) mass is 201 g/mol. The second-order valence-corrected chi connectivity index (χ2v) is 4.22. The fourth-order valence-electron chi connectivity index (χ4n) is 2.40. The Kier molecular flexibility index (Phi) is 2.03. The third-order valence-electron chi connectivity index (χ3n) is 3.24. The molecular formula is C13H15NO. The highest BCUT2D eigenvalue weighted by molar-refractivity contribution is 5.72. The van der Waals surface area contributed by atoms with Crippen molar-refractivity contribution in [1.82, 2.24) is 0 Å². The van der Waals surface area contributed by atoms with Gasteiger partial charge in [-0.05, 0) is 12.8 Å². The van der Waals surface area contributed by atoms with Gasteiger partial charge in [-0.1, -0.05) is 23.8 Å². The Morgan fingerprint density at radius 1 is 1.13 bits per heavy atom. The summed E-state index contributed by atoms with van der Waals surface area (Å²) in [6.45, 7) is 0.670. The van der Waals surface area contributed by atoms with Gasteiger partial charge in [0.15, 0.2) is 0 Å². The van der Waals surface area contributed by atoms with Crippen molar-refractivity contribution in [3.63, 3.8) is 0 Å². The highest BCUT2D eigenvalue weighted by Crippen LogP contribution is 2.34. The summed E-state index contributed by atoms with van der Waals surface area (Å²) in [5.74, 6) is 2.32. The van der Waals surface area contributed by atoms with E-state index in [1.807, 2.05) is 0 Å². The molecule has 0 unspecified atom stereocenters.